The van der Waals surface area contributed by atoms with Gasteiger partial charge in [0.05, 0.1) is 0 Å². The molecule has 3 aromatic rings. The van der Waals surface area contributed by atoms with Crippen LogP contribution in [0, 0.1) is 12.8 Å². The van der Waals surface area contributed by atoms with Crippen molar-refractivity contribution in [1.29, 1.82) is 0 Å². The number of allylic oxidation sites excluding steroid dienone is 5. The van der Waals surface area contributed by atoms with E-state index >= 15 is 0 Å². The maximum Gasteiger partial charge on any atom is 0.170 e. The van der Waals surface area contributed by atoms with Gasteiger partial charge < -0.3 is 5.32 Å². The number of carbonyl (C=O) groups excluding carboxylic acids is 1. The predicted molar refractivity (Wildman–Crippen MR) is 147 cm³/mol. The van der Waals surface area contributed by atoms with Gasteiger partial charge in [0.2, 0.25) is 0 Å². The summed E-state index contributed by atoms with van der Waals surface area (Å²) in [5, 5.41) is 5.94. The number of Topliss-reactive ketones (excluding diaryl/α,β-unsaturated/α-hetero) is 1. The molecule has 0 bridgehead atoms. The molecule has 2 aliphatic carbocycles. The average Bonchev–Trinajstić information content (AvgIpc) is 3.18. The smallest absolute Gasteiger partial charge is 0.170 e. The Bertz CT molecular complexity index is 1570. The van der Waals surface area contributed by atoms with E-state index in [4.69, 9.17) is 0 Å². The van der Waals surface area contributed by atoms with Gasteiger partial charge in [0, 0.05) is 33.8 Å². The average molecular weight is 520 g/mol. The summed E-state index contributed by atoms with van der Waals surface area (Å²) in [6.45, 7) is 2.03. The number of rotatable bonds is 3. The summed E-state index contributed by atoms with van der Waals surface area (Å²) in [5.41, 5.74) is 8.16. The Balaban J connectivity index is 1.56. The first-order valence-electron chi connectivity index (χ1n) is 12.1. The van der Waals surface area contributed by atoms with Crippen LogP contribution in [0.15, 0.2) is 95.3 Å². The van der Waals surface area contributed by atoms with Crippen molar-refractivity contribution >= 4 is 33.9 Å². The molecule has 0 amide bonds. The van der Waals surface area contributed by atoms with E-state index in [9.17, 15) is 4.79 Å². The highest BCUT2D eigenvalue weighted by atomic mass is 79.9. The van der Waals surface area contributed by atoms with Crippen LogP contribution in [0.4, 0.5) is 0 Å². The van der Waals surface area contributed by atoms with Crippen LogP contribution in [0.5, 0.6) is 0 Å². The highest BCUT2D eigenvalue weighted by Crippen LogP contribution is 2.36. The van der Waals surface area contributed by atoms with Crippen molar-refractivity contribution in [3.8, 4) is 11.1 Å². The van der Waals surface area contributed by atoms with Crippen LogP contribution in [0.1, 0.15) is 39.4 Å². The lowest BCUT2D eigenvalue weighted by Gasteiger charge is -2.30. The first-order chi connectivity index (χ1) is 17.1. The molecule has 0 fully saturated rings. The molecule has 1 aliphatic heterocycles. The highest BCUT2D eigenvalue weighted by Gasteiger charge is 2.31. The molecule has 0 aromatic heterocycles. The van der Waals surface area contributed by atoms with Crippen LogP contribution in [-0.4, -0.2) is 5.78 Å². The minimum absolute atomic E-state index is 0.107. The summed E-state index contributed by atoms with van der Waals surface area (Å²) in [6.07, 6.45) is 16.4. The molecule has 172 valence electrons. The summed E-state index contributed by atoms with van der Waals surface area (Å²) in [7, 11) is 0. The van der Waals surface area contributed by atoms with Crippen molar-refractivity contribution in [2.24, 2.45) is 5.92 Å². The molecular weight excluding hydrogens is 494 g/mol. The third kappa shape index (κ3) is 3.84. The van der Waals surface area contributed by atoms with E-state index in [1.165, 1.54) is 32.7 Å². The van der Waals surface area contributed by atoms with E-state index < -0.39 is 0 Å². The second-order valence-corrected chi connectivity index (χ2v) is 10.3. The SMILES string of the molecule is Cc1cccc(C(=O)C2C=c3c(ccc4c3=CCc3ccccc3-4)C(C3=CC=CC=CN3)C2)c1Br. The van der Waals surface area contributed by atoms with Gasteiger partial charge in [-0.05, 0) is 86.1 Å². The number of hydrogen-bond donors (Lipinski definition) is 1. The van der Waals surface area contributed by atoms with Crippen LogP contribution in [0.25, 0.3) is 23.3 Å². The van der Waals surface area contributed by atoms with E-state index in [2.05, 4.69) is 81.9 Å². The molecule has 6 rings (SSSR count). The third-order valence-corrected chi connectivity index (χ3v) is 8.45. The van der Waals surface area contributed by atoms with Crippen LogP contribution in [0.3, 0.4) is 0 Å². The van der Waals surface area contributed by atoms with Crippen LogP contribution >= 0.6 is 15.9 Å². The molecule has 0 saturated carbocycles. The van der Waals surface area contributed by atoms with Crippen molar-refractivity contribution in [3.63, 3.8) is 0 Å². The molecule has 2 unspecified atom stereocenters. The van der Waals surface area contributed by atoms with Crippen molar-refractivity contribution in [2.75, 3.05) is 0 Å². The summed E-state index contributed by atoms with van der Waals surface area (Å²) in [6, 6.07) is 19.1. The molecule has 1 heterocycles. The number of hydrogen-bond acceptors (Lipinski definition) is 2. The topological polar surface area (TPSA) is 29.1 Å². The summed E-state index contributed by atoms with van der Waals surface area (Å²) in [5.74, 6) is 0.0720. The van der Waals surface area contributed by atoms with E-state index in [-0.39, 0.29) is 17.6 Å². The number of carbonyl (C=O) groups is 1. The van der Waals surface area contributed by atoms with E-state index in [0.717, 1.165) is 34.1 Å². The lowest BCUT2D eigenvalue weighted by Crippen LogP contribution is -2.40. The Labute approximate surface area is 214 Å². The van der Waals surface area contributed by atoms with Gasteiger partial charge in [-0.25, -0.2) is 0 Å². The van der Waals surface area contributed by atoms with Crippen LogP contribution in [0.2, 0.25) is 0 Å². The first kappa shape index (κ1) is 22.1. The summed E-state index contributed by atoms with van der Waals surface area (Å²) >= 11 is 3.68. The molecule has 1 N–H and O–H groups in total. The molecule has 35 heavy (non-hydrogen) atoms. The maximum atomic E-state index is 13.9. The van der Waals surface area contributed by atoms with Gasteiger partial charge in [-0.1, -0.05) is 78.9 Å². The standard InChI is InChI=1S/C32H26BrNO/c1-20-8-7-11-27(31(20)33)32(35)22-18-28-25-14-13-21-9-4-5-10-23(21)24(25)15-16-26(28)29(19-22)30-12-3-2-6-17-34-30/h2-12,14-18,22,29,34H,13,19H2,1H3. The Morgan fingerprint density at radius 2 is 1.83 bits per heavy atom. The monoisotopic (exact) mass is 519 g/mol. The predicted octanol–water partition coefficient (Wildman–Crippen LogP) is 6.09. The third-order valence-electron chi connectivity index (χ3n) is 7.40. The highest BCUT2D eigenvalue weighted by molar-refractivity contribution is 9.10. The summed E-state index contributed by atoms with van der Waals surface area (Å²) in [4.78, 5) is 13.9. The van der Waals surface area contributed by atoms with Gasteiger partial charge in [-0.2, -0.15) is 0 Å². The Kier molecular flexibility index (Phi) is 5.66. The zero-order chi connectivity index (χ0) is 23.9. The fourth-order valence-electron chi connectivity index (χ4n) is 5.62. The van der Waals surface area contributed by atoms with Gasteiger partial charge >= 0.3 is 0 Å². The number of aryl methyl sites for hydroxylation is 1. The number of benzene rings is 3. The normalized spacial score (nSPS) is 19.7. The Morgan fingerprint density at radius 1 is 0.943 bits per heavy atom. The van der Waals surface area contributed by atoms with Gasteiger partial charge in [0.25, 0.3) is 0 Å². The van der Waals surface area contributed by atoms with Crippen molar-refractivity contribution < 1.29 is 4.79 Å². The first-order valence-corrected chi connectivity index (χ1v) is 12.9. The molecule has 0 radical (unpaired) electrons. The van der Waals surface area contributed by atoms with Crippen molar-refractivity contribution in [3.05, 3.63) is 128 Å². The fraction of sp³-hybridized carbons (Fsp3) is 0.156. The van der Waals surface area contributed by atoms with E-state index in [0.29, 0.717) is 0 Å². The molecule has 3 aromatic carbocycles. The number of fused-ring (bicyclic) bond motifs is 5. The number of halogens is 1. The van der Waals surface area contributed by atoms with E-state index in [1.54, 1.807) is 0 Å². The van der Waals surface area contributed by atoms with Crippen LogP contribution in [-0.2, 0) is 6.42 Å². The largest absolute Gasteiger partial charge is 0.364 e. The lowest BCUT2D eigenvalue weighted by molar-refractivity contribution is 0.0943. The molecule has 3 heteroatoms. The number of nitrogens with one attached hydrogen (secondary N) is 1. The zero-order valence-electron chi connectivity index (χ0n) is 19.6. The number of ketones is 1. The van der Waals surface area contributed by atoms with Gasteiger partial charge in [-0.15, -0.1) is 0 Å². The minimum atomic E-state index is -0.207. The second kappa shape index (κ2) is 8.98. The maximum absolute atomic E-state index is 13.9. The molecule has 0 spiro atoms. The van der Waals surface area contributed by atoms with Gasteiger partial charge in [0.1, 0.15) is 0 Å². The summed E-state index contributed by atoms with van der Waals surface area (Å²) < 4.78 is 0.897. The van der Waals surface area contributed by atoms with Crippen LogP contribution < -0.4 is 15.8 Å². The van der Waals surface area contributed by atoms with E-state index in [1.807, 2.05) is 43.5 Å². The molecule has 0 saturated heterocycles. The molecule has 2 atom stereocenters. The molecule has 2 nitrogen and oxygen atoms in total. The lowest BCUT2D eigenvalue weighted by atomic mass is 9.75. The zero-order valence-corrected chi connectivity index (χ0v) is 21.2. The quantitative estimate of drug-likeness (QED) is 0.424. The second-order valence-electron chi connectivity index (χ2n) is 9.47. The van der Waals surface area contributed by atoms with Gasteiger partial charge in [-0.3, -0.25) is 4.79 Å². The molecular formula is C32H26BrNO. The van der Waals surface area contributed by atoms with Gasteiger partial charge in [0.15, 0.2) is 5.78 Å². The Morgan fingerprint density at radius 3 is 2.74 bits per heavy atom. The fourth-order valence-corrected chi connectivity index (χ4v) is 6.08. The van der Waals surface area contributed by atoms with Crippen molar-refractivity contribution in [1.82, 2.24) is 5.32 Å². The molecule has 3 aliphatic rings. The Hall–Kier alpha value is -3.43. The van der Waals surface area contributed by atoms with Crippen molar-refractivity contribution in [2.45, 2.75) is 25.7 Å². The minimum Gasteiger partial charge on any atom is -0.364 e.